The van der Waals surface area contributed by atoms with E-state index in [2.05, 4.69) is 5.32 Å². The Morgan fingerprint density at radius 2 is 2.00 bits per heavy atom. The van der Waals surface area contributed by atoms with E-state index in [1.807, 2.05) is 0 Å². The number of nitrogens with one attached hydrogen (secondary N) is 1. The highest BCUT2D eigenvalue weighted by atomic mass is 19.4. The molecule has 0 amide bonds. The summed E-state index contributed by atoms with van der Waals surface area (Å²) in [5.41, 5.74) is -0.772. The van der Waals surface area contributed by atoms with Crippen molar-refractivity contribution in [3.8, 4) is 0 Å². The van der Waals surface area contributed by atoms with Crippen molar-refractivity contribution in [2.45, 2.75) is 12.3 Å². The Hall–Kier alpha value is -1.14. The number of morpholine rings is 1. The summed E-state index contributed by atoms with van der Waals surface area (Å²) >= 11 is 0. The van der Waals surface area contributed by atoms with Gasteiger partial charge in [-0.3, -0.25) is 0 Å². The number of benzene rings is 1. The van der Waals surface area contributed by atoms with Crippen LogP contribution < -0.4 is 5.32 Å². The zero-order chi connectivity index (χ0) is 12.5. The van der Waals surface area contributed by atoms with E-state index >= 15 is 0 Å². The highest BCUT2D eigenvalue weighted by Gasteiger charge is 2.32. The summed E-state index contributed by atoms with van der Waals surface area (Å²) in [5, 5.41) is 2.98. The number of halogens is 4. The van der Waals surface area contributed by atoms with Gasteiger partial charge < -0.3 is 10.1 Å². The van der Waals surface area contributed by atoms with Crippen molar-refractivity contribution in [2.24, 2.45) is 0 Å². The van der Waals surface area contributed by atoms with Crippen LogP contribution in [-0.2, 0) is 10.9 Å². The van der Waals surface area contributed by atoms with E-state index in [4.69, 9.17) is 4.74 Å². The molecule has 0 radical (unpaired) electrons. The van der Waals surface area contributed by atoms with Crippen molar-refractivity contribution in [1.29, 1.82) is 0 Å². The van der Waals surface area contributed by atoms with Gasteiger partial charge in [0.05, 0.1) is 18.3 Å². The molecule has 1 aliphatic rings. The van der Waals surface area contributed by atoms with Gasteiger partial charge >= 0.3 is 6.18 Å². The third-order valence-corrected chi connectivity index (χ3v) is 2.55. The summed E-state index contributed by atoms with van der Waals surface area (Å²) in [7, 11) is 0. The summed E-state index contributed by atoms with van der Waals surface area (Å²) < 4.78 is 55.9. The maximum Gasteiger partial charge on any atom is 0.416 e. The third-order valence-electron chi connectivity index (χ3n) is 2.55. The molecular weight excluding hydrogens is 238 g/mol. The van der Waals surface area contributed by atoms with Gasteiger partial charge in [0.15, 0.2) is 0 Å². The van der Waals surface area contributed by atoms with Gasteiger partial charge in [-0.1, -0.05) is 0 Å². The van der Waals surface area contributed by atoms with Gasteiger partial charge in [-0.05, 0) is 23.8 Å². The molecule has 0 aliphatic carbocycles. The van der Waals surface area contributed by atoms with Gasteiger partial charge in [0.1, 0.15) is 5.82 Å². The van der Waals surface area contributed by atoms with E-state index < -0.39 is 23.7 Å². The quantitative estimate of drug-likeness (QED) is 0.772. The maximum absolute atomic E-state index is 13.1. The predicted molar refractivity (Wildman–Crippen MR) is 53.0 cm³/mol. The first-order valence-electron chi connectivity index (χ1n) is 5.17. The van der Waals surface area contributed by atoms with Crippen LogP contribution in [0.15, 0.2) is 18.2 Å². The topological polar surface area (TPSA) is 21.3 Å². The van der Waals surface area contributed by atoms with E-state index in [-0.39, 0.29) is 5.56 Å². The average molecular weight is 249 g/mol. The number of ether oxygens (including phenoxy) is 1. The van der Waals surface area contributed by atoms with Gasteiger partial charge in [-0.25, -0.2) is 4.39 Å². The van der Waals surface area contributed by atoms with E-state index in [0.29, 0.717) is 25.8 Å². The van der Waals surface area contributed by atoms with Crippen LogP contribution in [0.2, 0.25) is 0 Å². The number of rotatable bonds is 1. The third kappa shape index (κ3) is 2.95. The molecule has 17 heavy (non-hydrogen) atoms. The molecule has 1 aliphatic heterocycles. The van der Waals surface area contributed by atoms with Crippen molar-refractivity contribution < 1.29 is 22.3 Å². The molecule has 1 heterocycles. The fourth-order valence-corrected chi connectivity index (χ4v) is 1.74. The molecule has 2 rings (SSSR count). The number of alkyl halides is 3. The lowest BCUT2D eigenvalue weighted by molar-refractivity contribution is -0.137. The minimum absolute atomic E-state index is 0.213. The molecule has 0 bridgehead atoms. The summed E-state index contributed by atoms with van der Waals surface area (Å²) in [5.74, 6) is -0.899. The first-order valence-corrected chi connectivity index (χ1v) is 5.17. The van der Waals surface area contributed by atoms with Crippen LogP contribution in [0.4, 0.5) is 17.6 Å². The molecule has 6 heteroatoms. The molecule has 0 aromatic heterocycles. The van der Waals surface area contributed by atoms with Crippen LogP contribution in [-0.4, -0.2) is 19.7 Å². The van der Waals surface area contributed by atoms with E-state index in [9.17, 15) is 17.6 Å². The first-order chi connectivity index (χ1) is 7.97. The van der Waals surface area contributed by atoms with Crippen LogP contribution >= 0.6 is 0 Å². The Kier molecular flexibility index (Phi) is 3.35. The lowest BCUT2D eigenvalue weighted by atomic mass is 10.0. The Morgan fingerprint density at radius 3 is 2.59 bits per heavy atom. The van der Waals surface area contributed by atoms with Crippen LogP contribution in [0.5, 0.6) is 0 Å². The molecule has 1 N–H and O–H groups in total. The highest BCUT2D eigenvalue weighted by Crippen LogP contribution is 2.32. The molecule has 0 saturated carbocycles. The minimum atomic E-state index is -4.54. The first kappa shape index (κ1) is 12.3. The molecular formula is C11H11F4NO. The maximum atomic E-state index is 13.1. The normalized spacial score (nSPS) is 21.5. The van der Waals surface area contributed by atoms with Crippen LogP contribution in [0.1, 0.15) is 17.2 Å². The largest absolute Gasteiger partial charge is 0.416 e. The fourth-order valence-electron chi connectivity index (χ4n) is 1.74. The summed E-state index contributed by atoms with van der Waals surface area (Å²) in [6, 6.07) is 2.49. The lowest BCUT2D eigenvalue weighted by Crippen LogP contribution is -2.33. The van der Waals surface area contributed by atoms with Crippen LogP contribution in [0.3, 0.4) is 0 Å². The Labute approximate surface area is 95.6 Å². The van der Waals surface area contributed by atoms with E-state index in [0.717, 1.165) is 12.1 Å². The van der Waals surface area contributed by atoms with Gasteiger partial charge in [0.25, 0.3) is 0 Å². The van der Waals surface area contributed by atoms with Gasteiger partial charge in [-0.2, -0.15) is 13.2 Å². The lowest BCUT2D eigenvalue weighted by Gasteiger charge is -2.24. The molecule has 1 unspecified atom stereocenters. The zero-order valence-corrected chi connectivity index (χ0v) is 8.85. The average Bonchev–Trinajstić information content (AvgIpc) is 2.28. The summed E-state index contributed by atoms with van der Waals surface area (Å²) in [4.78, 5) is 0. The van der Waals surface area contributed by atoms with E-state index in [1.54, 1.807) is 0 Å². The predicted octanol–water partition coefficient (Wildman–Crippen LogP) is 2.51. The highest BCUT2D eigenvalue weighted by molar-refractivity contribution is 5.28. The van der Waals surface area contributed by atoms with Crippen LogP contribution in [0.25, 0.3) is 0 Å². The molecule has 1 saturated heterocycles. The smallest absolute Gasteiger partial charge is 0.371 e. The minimum Gasteiger partial charge on any atom is -0.371 e. The Morgan fingerprint density at radius 1 is 1.24 bits per heavy atom. The summed E-state index contributed by atoms with van der Waals surface area (Å²) in [6.45, 7) is 1.45. The molecule has 2 nitrogen and oxygen atoms in total. The van der Waals surface area contributed by atoms with Gasteiger partial charge in [0, 0.05) is 13.1 Å². The molecule has 94 valence electrons. The monoisotopic (exact) mass is 249 g/mol. The zero-order valence-electron chi connectivity index (χ0n) is 8.85. The second-order valence-corrected chi connectivity index (χ2v) is 3.83. The fraction of sp³-hybridized carbons (Fsp3) is 0.455. The molecule has 1 aromatic rings. The standard InChI is InChI=1S/C11H11F4NO/c12-9-4-7(10-6-16-1-2-17-10)3-8(5-9)11(13,14)15/h3-5,10,16H,1-2,6H2. The van der Waals surface area contributed by atoms with Crippen LogP contribution in [0, 0.1) is 5.82 Å². The van der Waals surface area contributed by atoms with E-state index in [1.165, 1.54) is 0 Å². The van der Waals surface area contributed by atoms with Crippen molar-refractivity contribution >= 4 is 0 Å². The second-order valence-electron chi connectivity index (χ2n) is 3.83. The number of hydrogen-bond acceptors (Lipinski definition) is 2. The van der Waals surface area contributed by atoms with Crippen molar-refractivity contribution in [2.75, 3.05) is 19.7 Å². The Bertz CT molecular complexity index is 399. The molecule has 1 fully saturated rings. The molecule has 0 spiro atoms. The SMILES string of the molecule is Fc1cc(C2CNCCO2)cc(C(F)(F)F)c1. The summed E-state index contributed by atoms with van der Waals surface area (Å²) in [6.07, 6.45) is -5.07. The number of hydrogen-bond donors (Lipinski definition) is 1. The van der Waals surface area contributed by atoms with Gasteiger partial charge in [0.2, 0.25) is 0 Å². The molecule has 1 aromatic carbocycles. The Balaban J connectivity index is 2.31. The molecule has 1 atom stereocenters. The second kappa shape index (κ2) is 4.62. The van der Waals surface area contributed by atoms with Gasteiger partial charge in [-0.15, -0.1) is 0 Å². The van der Waals surface area contributed by atoms with Crippen molar-refractivity contribution in [3.63, 3.8) is 0 Å². The van der Waals surface area contributed by atoms with Crippen molar-refractivity contribution in [1.82, 2.24) is 5.32 Å². The van der Waals surface area contributed by atoms with Crippen molar-refractivity contribution in [3.05, 3.63) is 35.1 Å².